The van der Waals surface area contributed by atoms with Crippen LogP contribution in [0.15, 0.2) is 54.6 Å². The normalized spacial score (nSPS) is 19.9. The molecule has 1 saturated heterocycles. The summed E-state index contributed by atoms with van der Waals surface area (Å²) in [7, 11) is 0. The lowest BCUT2D eigenvalue weighted by Crippen LogP contribution is -3.28. The second-order valence-electron chi connectivity index (χ2n) is 7.07. The van der Waals surface area contributed by atoms with Crippen molar-refractivity contribution in [1.82, 2.24) is 5.32 Å². The third-order valence-electron chi connectivity index (χ3n) is 5.02. The van der Waals surface area contributed by atoms with E-state index in [1.54, 1.807) is 4.90 Å². The molecule has 0 radical (unpaired) electrons. The SMILES string of the molecule is O=C(C[NH+]1CC[NH+](Cc2ccc(Cl)cc2)CC1)NCCc1ccccc1. The Morgan fingerprint density at radius 1 is 0.885 bits per heavy atom. The Labute approximate surface area is 160 Å². The Morgan fingerprint density at radius 2 is 1.54 bits per heavy atom. The molecule has 4 nitrogen and oxygen atoms in total. The van der Waals surface area contributed by atoms with Gasteiger partial charge in [0.15, 0.2) is 6.54 Å². The van der Waals surface area contributed by atoms with Crippen LogP contribution < -0.4 is 15.1 Å². The lowest BCUT2D eigenvalue weighted by atomic mass is 10.1. The predicted octanol–water partition coefficient (Wildman–Crippen LogP) is -0.0177. The van der Waals surface area contributed by atoms with Gasteiger partial charge in [-0.2, -0.15) is 0 Å². The maximum absolute atomic E-state index is 12.2. The van der Waals surface area contributed by atoms with Crippen molar-refractivity contribution in [3.05, 3.63) is 70.7 Å². The molecule has 1 heterocycles. The van der Waals surface area contributed by atoms with E-state index < -0.39 is 0 Å². The zero-order valence-corrected chi connectivity index (χ0v) is 15.9. The van der Waals surface area contributed by atoms with Gasteiger partial charge in [-0.15, -0.1) is 0 Å². The Bertz CT molecular complexity index is 682. The van der Waals surface area contributed by atoms with Gasteiger partial charge in [0.1, 0.15) is 32.7 Å². The third-order valence-corrected chi connectivity index (χ3v) is 5.27. The molecule has 3 rings (SSSR count). The monoisotopic (exact) mass is 373 g/mol. The lowest BCUT2D eigenvalue weighted by molar-refractivity contribution is -1.02. The van der Waals surface area contributed by atoms with Crippen LogP contribution >= 0.6 is 11.6 Å². The molecule has 0 aromatic heterocycles. The van der Waals surface area contributed by atoms with Crippen molar-refractivity contribution >= 4 is 17.5 Å². The molecule has 5 heteroatoms. The van der Waals surface area contributed by atoms with Gasteiger partial charge >= 0.3 is 0 Å². The summed E-state index contributed by atoms with van der Waals surface area (Å²) >= 11 is 5.94. The van der Waals surface area contributed by atoms with Gasteiger partial charge in [0.2, 0.25) is 0 Å². The minimum Gasteiger partial charge on any atom is -0.351 e. The summed E-state index contributed by atoms with van der Waals surface area (Å²) < 4.78 is 0. The number of amides is 1. The van der Waals surface area contributed by atoms with Crippen LogP contribution in [0, 0.1) is 0 Å². The Morgan fingerprint density at radius 3 is 2.23 bits per heavy atom. The highest BCUT2D eigenvalue weighted by molar-refractivity contribution is 6.30. The van der Waals surface area contributed by atoms with E-state index in [4.69, 9.17) is 11.6 Å². The quantitative estimate of drug-likeness (QED) is 0.627. The molecule has 1 aliphatic heterocycles. The molecule has 26 heavy (non-hydrogen) atoms. The predicted molar refractivity (Wildman–Crippen MR) is 105 cm³/mol. The third kappa shape index (κ3) is 6.13. The summed E-state index contributed by atoms with van der Waals surface area (Å²) in [6.45, 7) is 6.65. The molecule has 1 amide bonds. The fraction of sp³-hybridized carbons (Fsp3) is 0.381. The Balaban J connectivity index is 1.33. The van der Waals surface area contributed by atoms with E-state index in [2.05, 4.69) is 29.6 Å². The van der Waals surface area contributed by atoms with E-state index in [0.29, 0.717) is 13.1 Å². The standard InChI is InChI=1S/C21H26ClN3O/c22-20-8-6-19(7-9-20)16-24-12-14-25(15-13-24)17-21(26)23-11-10-18-4-2-1-3-5-18/h1-9H,10-17H2,(H,23,26)/p+2. The summed E-state index contributed by atoms with van der Waals surface area (Å²) in [5, 5.41) is 3.84. The van der Waals surface area contributed by atoms with Gasteiger partial charge in [-0.1, -0.05) is 54.1 Å². The molecule has 0 aliphatic carbocycles. The minimum atomic E-state index is 0.164. The zero-order chi connectivity index (χ0) is 18.2. The number of quaternary nitrogens is 2. The van der Waals surface area contributed by atoms with Gasteiger partial charge in [-0.3, -0.25) is 4.79 Å². The fourth-order valence-electron chi connectivity index (χ4n) is 3.48. The maximum Gasteiger partial charge on any atom is 0.275 e. The molecular formula is C21H28ClN3O+2. The lowest BCUT2D eigenvalue weighted by Gasteiger charge is -2.29. The molecule has 0 atom stereocenters. The van der Waals surface area contributed by atoms with Crippen molar-refractivity contribution in [3.63, 3.8) is 0 Å². The number of piperazine rings is 1. The van der Waals surface area contributed by atoms with Crippen molar-refractivity contribution in [2.24, 2.45) is 0 Å². The number of carbonyl (C=O) groups excluding carboxylic acids is 1. The molecule has 2 aromatic rings. The second kappa shape index (κ2) is 9.72. The van der Waals surface area contributed by atoms with Crippen LogP contribution in [0.3, 0.4) is 0 Å². The zero-order valence-electron chi connectivity index (χ0n) is 15.1. The number of hydrogen-bond acceptors (Lipinski definition) is 1. The van der Waals surface area contributed by atoms with E-state index in [1.807, 2.05) is 30.3 Å². The highest BCUT2D eigenvalue weighted by atomic mass is 35.5. The topological polar surface area (TPSA) is 38.0 Å². The number of benzene rings is 2. The van der Waals surface area contributed by atoms with Crippen molar-refractivity contribution in [1.29, 1.82) is 0 Å². The van der Waals surface area contributed by atoms with Gasteiger partial charge in [0, 0.05) is 17.1 Å². The smallest absolute Gasteiger partial charge is 0.275 e. The van der Waals surface area contributed by atoms with E-state index in [1.165, 1.54) is 16.0 Å². The van der Waals surface area contributed by atoms with Crippen LogP contribution in [0.2, 0.25) is 5.02 Å². The Kier molecular flexibility index (Phi) is 7.06. The minimum absolute atomic E-state index is 0.164. The fourth-order valence-corrected chi connectivity index (χ4v) is 3.61. The van der Waals surface area contributed by atoms with Crippen LogP contribution in [0.4, 0.5) is 0 Å². The van der Waals surface area contributed by atoms with Crippen molar-refractivity contribution in [2.75, 3.05) is 39.3 Å². The summed E-state index contributed by atoms with van der Waals surface area (Å²) in [5.74, 6) is 0.164. The van der Waals surface area contributed by atoms with Crippen LogP contribution in [0.25, 0.3) is 0 Å². The highest BCUT2D eigenvalue weighted by Crippen LogP contribution is 2.08. The van der Waals surface area contributed by atoms with E-state index in [0.717, 1.165) is 44.2 Å². The molecule has 2 aromatic carbocycles. The van der Waals surface area contributed by atoms with Crippen molar-refractivity contribution in [2.45, 2.75) is 13.0 Å². The first-order valence-corrected chi connectivity index (χ1v) is 9.79. The average molecular weight is 374 g/mol. The maximum atomic E-state index is 12.2. The average Bonchev–Trinajstić information content (AvgIpc) is 2.66. The molecule has 0 bridgehead atoms. The first kappa shape index (κ1) is 18.9. The summed E-state index contributed by atoms with van der Waals surface area (Å²) in [5.41, 5.74) is 2.59. The van der Waals surface area contributed by atoms with Crippen LogP contribution in [0.5, 0.6) is 0 Å². The number of rotatable bonds is 7. The van der Waals surface area contributed by atoms with Crippen LogP contribution in [0.1, 0.15) is 11.1 Å². The molecule has 0 saturated carbocycles. The van der Waals surface area contributed by atoms with Gasteiger partial charge in [0.25, 0.3) is 5.91 Å². The second-order valence-corrected chi connectivity index (χ2v) is 7.50. The molecule has 1 aliphatic rings. The summed E-state index contributed by atoms with van der Waals surface area (Å²) in [6, 6.07) is 18.4. The summed E-state index contributed by atoms with van der Waals surface area (Å²) in [6.07, 6.45) is 0.890. The number of nitrogens with one attached hydrogen (secondary N) is 3. The van der Waals surface area contributed by atoms with E-state index in [9.17, 15) is 4.79 Å². The van der Waals surface area contributed by atoms with Gasteiger partial charge in [-0.05, 0) is 24.1 Å². The van der Waals surface area contributed by atoms with Crippen LogP contribution in [-0.2, 0) is 17.8 Å². The first-order chi connectivity index (χ1) is 12.7. The first-order valence-electron chi connectivity index (χ1n) is 9.41. The molecular weight excluding hydrogens is 346 g/mol. The van der Waals surface area contributed by atoms with Gasteiger partial charge in [-0.25, -0.2) is 0 Å². The largest absolute Gasteiger partial charge is 0.351 e. The van der Waals surface area contributed by atoms with Crippen molar-refractivity contribution < 1.29 is 14.6 Å². The van der Waals surface area contributed by atoms with Crippen LogP contribution in [-0.4, -0.2) is 45.2 Å². The molecule has 0 unspecified atom stereocenters. The number of hydrogen-bond donors (Lipinski definition) is 3. The molecule has 138 valence electrons. The molecule has 3 N–H and O–H groups in total. The molecule has 1 fully saturated rings. The molecule has 0 spiro atoms. The van der Waals surface area contributed by atoms with E-state index >= 15 is 0 Å². The van der Waals surface area contributed by atoms with Crippen molar-refractivity contribution in [3.8, 4) is 0 Å². The van der Waals surface area contributed by atoms with Gasteiger partial charge < -0.3 is 15.1 Å². The van der Waals surface area contributed by atoms with Gasteiger partial charge in [0.05, 0.1) is 0 Å². The number of carbonyl (C=O) groups is 1. The highest BCUT2D eigenvalue weighted by Gasteiger charge is 2.24. The number of halogens is 1. The summed E-state index contributed by atoms with van der Waals surface area (Å²) in [4.78, 5) is 15.1. The Hall–Kier alpha value is -1.88. The van der Waals surface area contributed by atoms with E-state index in [-0.39, 0.29) is 5.91 Å².